The first-order valence-electron chi connectivity index (χ1n) is 6.23. The fourth-order valence-corrected chi connectivity index (χ4v) is 1.96. The lowest BCUT2D eigenvalue weighted by Crippen LogP contribution is -2.40. The van der Waals surface area contributed by atoms with E-state index in [0.717, 1.165) is 18.9 Å². The fraction of sp³-hybridized carbons (Fsp3) is 1.00. The molecule has 3 N–H and O–H groups in total. The minimum atomic E-state index is -0.378. The summed E-state index contributed by atoms with van der Waals surface area (Å²) in [5.41, 5.74) is 5.50. The molecule has 15 heavy (non-hydrogen) atoms. The summed E-state index contributed by atoms with van der Waals surface area (Å²) in [7, 11) is 0. The quantitative estimate of drug-likeness (QED) is 0.600. The number of hydrogen-bond donors (Lipinski definition) is 2. The first-order chi connectivity index (χ1) is 7.09. The van der Waals surface area contributed by atoms with Crippen LogP contribution in [-0.4, -0.2) is 41.3 Å². The van der Waals surface area contributed by atoms with Gasteiger partial charge in [0.05, 0.1) is 6.61 Å². The van der Waals surface area contributed by atoms with Crippen LogP contribution in [0.2, 0.25) is 0 Å². The summed E-state index contributed by atoms with van der Waals surface area (Å²) in [6, 6.07) is 0.872. The monoisotopic (exact) mass is 214 g/mol. The molecule has 3 nitrogen and oxygen atoms in total. The number of unbranched alkanes of at least 4 members (excludes halogenated alkanes) is 1. The van der Waals surface area contributed by atoms with Gasteiger partial charge >= 0.3 is 0 Å². The number of aliphatic hydroxyl groups is 1. The third-order valence-electron chi connectivity index (χ3n) is 3.27. The highest BCUT2D eigenvalue weighted by atomic mass is 16.3. The van der Waals surface area contributed by atoms with Gasteiger partial charge in [-0.25, -0.2) is 0 Å². The molecule has 0 aromatic rings. The standard InChI is InChI=1S/C12H26N2O/c1-3-14(11-6-7-11)9-5-4-8-12(2,13)10-15/h11,15H,3-10,13H2,1-2H3. The van der Waals surface area contributed by atoms with E-state index in [-0.39, 0.29) is 12.1 Å². The number of nitrogens with zero attached hydrogens (tertiary/aromatic N) is 1. The van der Waals surface area contributed by atoms with Crippen LogP contribution in [0.4, 0.5) is 0 Å². The highest BCUT2D eigenvalue weighted by molar-refractivity contribution is 4.84. The Hall–Kier alpha value is -0.120. The maximum absolute atomic E-state index is 9.01. The lowest BCUT2D eigenvalue weighted by atomic mass is 9.97. The Kier molecular flexibility index (Phi) is 5.03. The van der Waals surface area contributed by atoms with Crippen molar-refractivity contribution in [2.45, 2.75) is 57.5 Å². The second-order valence-corrected chi connectivity index (χ2v) is 5.13. The largest absolute Gasteiger partial charge is 0.394 e. The molecule has 1 atom stereocenters. The molecule has 1 fully saturated rings. The molecule has 90 valence electrons. The molecule has 0 radical (unpaired) electrons. The Labute approximate surface area is 93.6 Å². The van der Waals surface area contributed by atoms with Gasteiger partial charge in [0, 0.05) is 11.6 Å². The molecular weight excluding hydrogens is 188 g/mol. The topological polar surface area (TPSA) is 49.5 Å². The Morgan fingerprint density at radius 1 is 1.40 bits per heavy atom. The van der Waals surface area contributed by atoms with Crippen molar-refractivity contribution in [2.24, 2.45) is 5.73 Å². The van der Waals surface area contributed by atoms with Crippen LogP contribution in [0.15, 0.2) is 0 Å². The van der Waals surface area contributed by atoms with Crippen molar-refractivity contribution in [1.82, 2.24) is 4.90 Å². The van der Waals surface area contributed by atoms with E-state index in [1.165, 1.54) is 32.4 Å². The zero-order chi connectivity index (χ0) is 11.3. The van der Waals surface area contributed by atoms with E-state index in [9.17, 15) is 0 Å². The van der Waals surface area contributed by atoms with E-state index >= 15 is 0 Å². The second kappa shape index (κ2) is 5.83. The first-order valence-corrected chi connectivity index (χ1v) is 6.23. The van der Waals surface area contributed by atoms with Gasteiger partial charge < -0.3 is 15.7 Å². The SMILES string of the molecule is CCN(CCCCC(C)(N)CO)C1CC1. The zero-order valence-corrected chi connectivity index (χ0v) is 10.2. The maximum atomic E-state index is 9.01. The van der Waals surface area contributed by atoms with Gasteiger partial charge in [0.25, 0.3) is 0 Å². The summed E-state index contributed by atoms with van der Waals surface area (Å²) in [4.78, 5) is 2.56. The minimum absolute atomic E-state index is 0.0904. The molecule has 0 aliphatic heterocycles. The third kappa shape index (κ3) is 4.96. The molecule has 1 aliphatic rings. The van der Waals surface area contributed by atoms with Gasteiger partial charge in [-0.1, -0.05) is 13.3 Å². The van der Waals surface area contributed by atoms with E-state index < -0.39 is 0 Å². The van der Waals surface area contributed by atoms with E-state index in [0.29, 0.717) is 0 Å². The van der Waals surface area contributed by atoms with Crippen LogP contribution < -0.4 is 5.73 Å². The molecule has 0 aromatic carbocycles. The number of rotatable bonds is 8. The molecule has 0 aromatic heterocycles. The molecule has 1 aliphatic carbocycles. The van der Waals surface area contributed by atoms with E-state index in [2.05, 4.69) is 11.8 Å². The summed E-state index contributed by atoms with van der Waals surface area (Å²) < 4.78 is 0. The van der Waals surface area contributed by atoms with Crippen LogP contribution in [-0.2, 0) is 0 Å². The van der Waals surface area contributed by atoms with Crippen LogP contribution >= 0.6 is 0 Å². The number of hydrogen-bond acceptors (Lipinski definition) is 3. The van der Waals surface area contributed by atoms with Crippen LogP contribution in [0, 0.1) is 0 Å². The number of aliphatic hydroxyl groups excluding tert-OH is 1. The molecule has 0 heterocycles. The van der Waals surface area contributed by atoms with Crippen LogP contribution in [0.3, 0.4) is 0 Å². The molecule has 0 saturated heterocycles. The summed E-state index contributed by atoms with van der Waals surface area (Å²) in [6.07, 6.45) is 6.03. The fourth-order valence-electron chi connectivity index (χ4n) is 1.96. The summed E-state index contributed by atoms with van der Waals surface area (Å²) in [5.74, 6) is 0. The molecule has 0 spiro atoms. The van der Waals surface area contributed by atoms with Gasteiger partial charge in [-0.05, 0) is 45.7 Å². The molecular formula is C12H26N2O. The Balaban J connectivity index is 2.05. The normalized spacial score (nSPS) is 20.6. The predicted molar refractivity (Wildman–Crippen MR) is 63.8 cm³/mol. The second-order valence-electron chi connectivity index (χ2n) is 5.13. The van der Waals surface area contributed by atoms with Crippen molar-refractivity contribution >= 4 is 0 Å². The minimum Gasteiger partial charge on any atom is -0.394 e. The molecule has 0 bridgehead atoms. The van der Waals surface area contributed by atoms with Crippen molar-refractivity contribution in [3.05, 3.63) is 0 Å². The Bertz CT molecular complexity index is 178. The smallest absolute Gasteiger partial charge is 0.0608 e. The van der Waals surface area contributed by atoms with Gasteiger partial charge in [-0.2, -0.15) is 0 Å². The van der Waals surface area contributed by atoms with Crippen molar-refractivity contribution in [1.29, 1.82) is 0 Å². The van der Waals surface area contributed by atoms with Crippen molar-refractivity contribution in [3.63, 3.8) is 0 Å². The average Bonchev–Trinajstić information content (AvgIpc) is 3.02. The van der Waals surface area contributed by atoms with E-state index in [1.54, 1.807) is 0 Å². The van der Waals surface area contributed by atoms with Gasteiger partial charge in [-0.3, -0.25) is 0 Å². The van der Waals surface area contributed by atoms with E-state index in [4.69, 9.17) is 10.8 Å². The van der Waals surface area contributed by atoms with Gasteiger partial charge in [0.2, 0.25) is 0 Å². The number of nitrogens with two attached hydrogens (primary N) is 1. The van der Waals surface area contributed by atoms with Gasteiger partial charge in [0.1, 0.15) is 0 Å². The molecule has 0 amide bonds. The Morgan fingerprint density at radius 3 is 2.53 bits per heavy atom. The molecule has 1 unspecified atom stereocenters. The van der Waals surface area contributed by atoms with Crippen LogP contribution in [0.1, 0.15) is 46.0 Å². The lowest BCUT2D eigenvalue weighted by Gasteiger charge is -2.23. The molecule has 3 heteroatoms. The van der Waals surface area contributed by atoms with Crippen molar-refractivity contribution in [3.8, 4) is 0 Å². The van der Waals surface area contributed by atoms with Gasteiger partial charge in [0.15, 0.2) is 0 Å². The highest BCUT2D eigenvalue weighted by Crippen LogP contribution is 2.26. The Morgan fingerprint density at radius 2 is 2.07 bits per heavy atom. The van der Waals surface area contributed by atoms with Crippen LogP contribution in [0.25, 0.3) is 0 Å². The van der Waals surface area contributed by atoms with Gasteiger partial charge in [-0.15, -0.1) is 0 Å². The predicted octanol–water partition coefficient (Wildman–Crippen LogP) is 1.35. The zero-order valence-electron chi connectivity index (χ0n) is 10.2. The van der Waals surface area contributed by atoms with E-state index in [1.807, 2.05) is 6.92 Å². The molecule has 1 rings (SSSR count). The van der Waals surface area contributed by atoms with Crippen LogP contribution in [0.5, 0.6) is 0 Å². The molecule has 1 saturated carbocycles. The lowest BCUT2D eigenvalue weighted by molar-refractivity contribution is 0.193. The highest BCUT2D eigenvalue weighted by Gasteiger charge is 2.27. The average molecular weight is 214 g/mol. The van der Waals surface area contributed by atoms with Crippen molar-refractivity contribution < 1.29 is 5.11 Å². The maximum Gasteiger partial charge on any atom is 0.0608 e. The first kappa shape index (κ1) is 12.9. The summed E-state index contributed by atoms with van der Waals surface area (Å²) in [6.45, 7) is 6.62. The summed E-state index contributed by atoms with van der Waals surface area (Å²) in [5, 5.41) is 9.01. The summed E-state index contributed by atoms with van der Waals surface area (Å²) >= 11 is 0. The third-order valence-corrected chi connectivity index (χ3v) is 3.27. The van der Waals surface area contributed by atoms with Crippen molar-refractivity contribution in [2.75, 3.05) is 19.7 Å².